The molecule has 20 heavy (non-hydrogen) atoms. The van der Waals surface area contributed by atoms with Gasteiger partial charge in [0.05, 0.1) is 6.42 Å². The average molecular weight is 288 g/mol. The summed E-state index contributed by atoms with van der Waals surface area (Å²) in [7, 11) is 1.68. The second-order valence-corrected chi connectivity index (χ2v) is 5.27. The van der Waals surface area contributed by atoms with Crippen molar-refractivity contribution in [3.05, 3.63) is 29.3 Å². The van der Waals surface area contributed by atoms with Crippen molar-refractivity contribution < 1.29 is 13.2 Å². The molecule has 1 aromatic rings. The molecule has 1 aromatic carbocycles. The molecule has 0 aromatic heterocycles. The number of nitrogens with two attached hydrogens (primary N) is 1. The summed E-state index contributed by atoms with van der Waals surface area (Å²) in [6.45, 7) is 3.98. The standard InChI is InChI=1S/C15H23F3N2/c1-4-13(19)10-12-5-6-14(9-11(12)2)20(3)8-7-15(16,17)18/h5-6,9,13H,4,7-8,10,19H2,1-3H3. The Kier molecular flexibility index (Phi) is 5.87. The lowest BCUT2D eigenvalue weighted by molar-refractivity contribution is -0.132. The Hall–Kier alpha value is -1.23. The minimum absolute atomic E-state index is 0.0310. The zero-order chi connectivity index (χ0) is 15.3. The molecule has 0 spiro atoms. The molecule has 114 valence electrons. The van der Waals surface area contributed by atoms with Crippen LogP contribution < -0.4 is 10.6 Å². The Bertz CT molecular complexity index is 430. The number of hydrogen-bond acceptors (Lipinski definition) is 2. The molecule has 0 heterocycles. The van der Waals surface area contributed by atoms with E-state index in [2.05, 4.69) is 0 Å². The van der Waals surface area contributed by atoms with Crippen molar-refractivity contribution >= 4 is 5.69 Å². The highest BCUT2D eigenvalue weighted by Crippen LogP contribution is 2.23. The fourth-order valence-electron chi connectivity index (χ4n) is 2.00. The van der Waals surface area contributed by atoms with Crippen molar-refractivity contribution in [1.29, 1.82) is 0 Å². The number of aryl methyl sites for hydroxylation is 1. The van der Waals surface area contributed by atoms with Crippen LogP contribution in [-0.2, 0) is 6.42 Å². The first-order chi connectivity index (χ1) is 9.23. The van der Waals surface area contributed by atoms with Gasteiger partial charge in [-0.3, -0.25) is 0 Å². The van der Waals surface area contributed by atoms with Crippen LogP contribution in [0.25, 0.3) is 0 Å². The minimum atomic E-state index is -4.11. The number of rotatable bonds is 6. The molecule has 0 aliphatic carbocycles. The average Bonchev–Trinajstić information content (AvgIpc) is 2.37. The lowest BCUT2D eigenvalue weighted by Gasteiger charge is -2.22. The first-order valence-electron chi connectivity index (χ1n) is 6.86. The molecule has 0 bridgehead atoms. The Morgan fingerprint density at radius 1 is 1.30 bits per heavy atom. The second kappa shape index (κ2) is 6.97. The zero-order valence-electron chi connectivity index (χ0n) is 12.3. The largest absolute Gasteiger partial charge is 0.390 e. The van der Waals surface area contributed by atoms with E-state index in [1.165, 1.54) is 0 Å². The van der Waals surface area contributed by atoms with Gasteiger partial charge in [-0.1, -0.05) is 13.0 Å². The van der Waals surface area contributed by atoms with Gasteiger partial charge in [0.2, 0.25) is 0 Å². The van der Waals surface area contributed by atoms with E-state index in [9.17, 15) is 13.2 Å². The number of benzene rings is 1. The predicted molar refractivity (Wildman–Crippen MR) is 77.1 cm³/mol. The number of alkyl halides is 3. The van der Waals surface area contributed by atoms with Gasteiger partial charge in [0.25, 0.3) is 0 Å². The van der Waals surface area contributed by atoms with Crippen LogP contribution in [0.3, 0.4) is 0 Å². The van der Waals surface area contributed by atoms with E-state index in [1.54, 1.807) is 11.9 Å². The van der Waals surface area contributed by atoms with Crippen LogP contribution in [0.5, 0.6) is 0 Å². The maximum atomic E-state index is 12.2. The molecule has 0 aliphatic heterocycles. The molecule has 0 saturated heterocycles. The van der Waals surface area contributed by atoms with Crippen molar-refractivity contribution in [2.24, 2.45) is 5.73 Å². The highest BCUT2D eigenvalue weighted by atomic mass is 19.4. The number of nitrogens with zero attached hydrogens (tertiary/aromatic N) is 1. The molecule has 0 fully saturated rings. The van der Waals surface area contributed by atoms with Crippen molar-refractivity contribution in [3.8, 4) is 0 Å². The molecule has 0 aliphatic rings. The third kappa shape index (κ3) is 5.41. The van der Waals surface area contributed by atoms with Crippen LogP contribution in [0.15, 0.2) is 18.2 Å². The van der Waals surface area contributed by atoms with Crippen LogP contribution in [0, 0.1) is 6.92 Å². The smallest absolute Gasteiger partial charge is 0.374 e. The van der Waals surface area contributed by atoms with Crippen molar-refractivity contribution in [2.45, 2.75) is 45.3 Å². The highest BCUT2D eigenvalue weighted by Gasteiger charge is 2.27. The number of halogens is 3. The Balaban J connectivity index is 2.71. The summed E-state index contributed by atoms with van der Waals surface area (Å²) >= 11 is 0. The first-order valence-corrected chi connectivity index (χ1v) is 6.86. The Morgan fingerprint density at radius 3 is 2.45 bits per heavy atom. The molecule has 1 unspecified atom stereocenters. The molecule has 0 radical (unpaired) electrons. The van der Waals surface area contributed by atoms with Gasteiger partial charge in [-0.05, 0) is 43.0 Å². The SMILES string of the molecule is CCC(N)Cc1ccc(N(C)CCC(F)(F)F)cc1C. The minimum Gasteiger partial charge on any atom is -0.374 e. The van der Waals surface area contributed by atoms with Gasteiger partial charge >= 0.3 is 6.18 Å². The molecular formula is C15H23F3N2. The Labute approximate surface area is 118 Å². The van der Waals surface area contributed by atoms with Gasteiger partial charge in [0.1, 0.15) is 0 Å². The van der Waals surface area contributed by atoms with E-state index in [0.717, 1.165) is 29.7 Å². The lowest BCUT2D eigenvalue weighted by atomic mass is 9.99. The van der Waals surface area contributed by atoms with E-state index in [4.69, 9.17) is 5.73 Å². The number of anilines is 1. The third-order valence-corrected chi connectivity index (χ3v) is 3.50. The second-order valence-electron chi connectivity index (χ2n) is 5.27. The van der Waals surface area contributed by atoms with Gasteiger partial charge in [0.15, 0.2) is 0 Å². The molecule has 1 rings (SSSR count). The van der Waals surface area contributed by atoms with E-state index in [-0.39, 0.29) is 12.6 Å². The molecule has 1 atom stereocenters. The van der Waals surface area contributed by atoms with Crippen LogP contribution in [0.2, 0.25) is 0 Å². The zero-order valence-corrected chi connectivity index (χ0v) is 12.3. The summed E-state index contributed by atoms with van der Waals surface area (Å²) in [5.74, 6) is 0. The van der Waals surface area contributed by atoms with E-state index in [0.29, 0.717) is 0 Å². The maximum absolute atomic E-state index is 12.2. The van der Waals surface area contributed by atoms with Crippen LogP contribution in [0.4, 0.5) is 18.9 Å². The first kappa shape index (κ1) is 16.8. The third-order valence-electron chi connectivity index (χ3n) is 3.50. The molecule has 0 saturated carbocycles. The predicted octanol–water partition coefficient (Wildman–Crippen LogP) is 3.66. The monoisotopic (exact) mass is 288 g/mol. The topological polar surface area (TPSA) is 29.3 Å². The van der Waals surface area contributed by atoms with Gasteiger partial charge in [-0.25, -0.2) is 0 Å². The maximum Gasteiger partial charge on any atom is 0.390 e. The van der Waals surface area contributed by atoms with Gasteiger partial charge in [-0.15, -0.1) is 0 Å². The van der Waals surface area contributed by atoms with E-state index < -0.39 is 12.6 Å². The van der Waals surface area contributed by atoms with E-state index >= 15 is 0 Å². The quantitative estimate of drug-likeness (QED) is 0.865. The lowest BCUT2D eigenvalue weighted by Crippen LogP contribution is -2.24. The highest BCUT2D eigenvalue weighted by molar-refractivity contribution is 5.50. The van der Waals surface area contributed by atoms with Crippen LogP contribution in [-0.4, -0.2) is 25.8 Å². The summed E-state index contributed by atoms with van der Waals surface area (Å²) in [6.07, 6.45) is -3.20. The van der Waals surface area contributed by atoms with Crippen molar-refractivity contribution in [1.82, 2.24) is 0 Å². The summed E-state index contributed by atoms with van der Waals surface area (Å²) < 4.78 is 36.7. The molecule has 5 heteroatoms. The summed E-state index contributed by atoms with van der Waals surface area (Å²) in [6, 6.07) is 5.88. The van der Waals surface area contributed by atoms with Gasteiger partial charge in [0, 0.05) is 25.3 Å². The fourth-order valence-corrected chi connectivity index (χ4v) is 2.00. The molecular weight excluding hydrogens is 265 g/mol. The van der Waals surface area contributed by atoms with Gasteiger partial charge in [-0.2, -0.15) is 13.2 Å². The number of hydrogen-bond donors (Lipinski definition) is 1. The molecule has 0 amide bonds. The van der Waals surface area contributed by atoms with Crippen molar-refractivity contribution in [2.75, 3.05) is 18.5 Å². The molecule has 2 nitrogen and oxygen atoms in total. The summed E-state index contributed by atoms with van der Waals surface area (Å²) in [4.78, 5) is 1.63. The van der Waals surface area contributed by atoms with Gasteiger partial charge < -0.3 is 10.6 Å². The summed E-state index contributed by atoms with van der Waals surface area (Å²) in [5, 5.41) is 0. The molecule has 2 N–H and O–H groups in total. The van der Waals surface area contributed by atoms with E-state index in [1.807, 2.05) is 32.0 Å². The van der Waals surface area contributed by atoms with Crippen molar-refractivity contribution in [3.63, 3.8) is 0 Å². The van der Waals surface area contributed by atoms with Crippen LogP contribution >= 0.6 is 0 Å². The fraction of sp³-hybridized carbons (Fsp3) is 0.600. The summed E-state index contributed by atoms with van der Waals surface area (Å²) in [5.41, 5.74) is 8.97. The van der Waals surface area contributed by atoms with Crippen LogP contribution in [0.1, 0.15) is 30.9 Å². The Morgan fingerprint density at radius 2 is 1.95 bits per heavy atom. The normalized spacial score (nSPS) is 13.3.